The molecule has 1 aliphatic heterocycles. The summed E-state index contributed by atoms with van der Waals surface area (Å²) in [5.74, 6) is -0.143. The summed E-state index contributed by atoms with van der Waals surface area (Å²) in [6.45, 7) is 4.61. The first-order valence-electron chi connectivity index (χ1n) is 13.0. The number of esters is 1. The molecule has 0 amide bonds. The Hall–Kier alpha value is -3.00. The average Bonchev–Trinajstić information content (AvgIpc) is 2.91. The molecule has 2 fully saturated rings. The summed E-state index contributed by atoms with van der Waals surface area (Å²) in [4.78, 5) is 17.5. The lowest BCUT2D eigenvalue weighted by Gasteiger charge is -2.46. The first-order valence-corrected chi connectivity index (χ1v) is 13.0. The van der Waals surface area contributed by atoms with E-state index in [1.165, 1.54) is 24.3 Å². The number of carbonyl (C=O) groups is 1. The van der Waals surface area contributed by atoms with Crippen LogP contribution in [0.2, 0.25) is 0 Å². The lowest BCUT2D eigenvalue weighted by molar-refractivity contribution is -0.100. The van der Waals surface area contributed by atoms with Gasteiger partial charge in [0.05, 0.1) is 18.3 Å². The van der Waals surface area contributed by atoms with Crippen molar-refractivity contribution in [3.05, 3.63) is 77.6 Å². The standard InChI is InChI=1S/C30H35FN2O4/c1-32-13-15-33(16-14-32)20-25-19-28(37-29(34)21-4-8-26(31)9-5-21)11-12-30(25,35)24-7-3-23-18-27(36-2)10-6-22(23)17-24/h3-10,17-18,25,28,35H,11-16,19-20H2,1-2H3. The number of halogens is 1. The third kappa shape index (κ3) is 5.64. The molecule has 0 bridgehead atoms. The molecule has 2 aliphatic rings. The molecule has 196 valence electrons. The van der Waals surface area contributed by atoms with E-state index in [2.05, 4.69) is 22.9 Å². The Balaban J connectivity index is 1.39. The van der Waals surface area contributed by atoms with E-state index in [9.17, 15) is 14.3 Å². The number of likely N-dealkylation sites (N-methyl/N-ethyl adjacent to an activating group) is 1. The SMILES string of the molecule is COc1ccc2cc(C3(O)CCC(OC(=O)c4ccc(F)cc4)CC3CN3CCN(C)CC3)ccc2c1. The number of piperazine rings is 1. The summed E-state index contributed by atoms with van der Waals surface area (Å²) in [5, 5.41) is 14.3. The molecule has 3 aromatic carbocycles. The zero-order chi connectivity index (χ0) is 26.0. The molecule has 3 atom stereocenters. The van der Waals surface area contributed by atoms with E-state index in [4.69, 9.17) is 9.47 Å². The maximum absolute atomic E-state index is 13.3. The number of hydrogen-bond donors (Lipinski definition) is 1. The Kier molecular flexibility index (Phi) is 7.47. The van der Waals surface area contributed by atoms with Crippen molar-refractivity contribution in [1.29, 1.82) is 0 Å². The maximum atomic E-state index is 13.3. The monoisotopic (exact) mass is 506 g/mol. The number of rotatable bonds is 6. The third-order valence-electron chi connectivity index (χ3n) is 8.05. The van der Waals surface area contributed by atoms with Crippen molar-refractivity contribution >= 4 is 16.7 Å². The molecule has 0 radical (unpaired) electrons. The van der Waals surface area contributed by atoms with Crippen molar-refractivity contribution < 1.29 is 23.8 Å². The number of carbonyl (C=O) groups excluding carboxylic acids is 1. The number of nitrogens with zero attached hydrogens (tertiary/aromatic N) is 2. The van der Waals surface area contributed by atoms with Crippen molar-refractivity contribution in [3.63, 3.8) is 0 Å². The van der Waals surface area contributed by atoms with Crippen molar-refractivity contribution in [2.75, 3.05) is 46.9 Å². The highest BCUT2D eigenvalue weighted by Gasteiger charge is 2.45. The van der Waals surface area contributed by atoms with Gasteiger partial charge in [-0.1, -0.05) is 18.2 Å². The van der Waals surface area contributed by atoms with Gasteiger partial charge in [0.2, 0.25) is 0 Å². The molecular weight excluding hydrogens is 471 g/mol. The number of fused-ring (bicyclic) bond motifs is 1. The summed E-state index contributed by atoms with van der Waals surface area (Å²) in [7, 11) is 3.78. The van der Waals surface area contributed by atoms with E-state index in [1.807, 2.05) is 30.3 Å². The van der Waals surface area contributed by atoms with Crippen LogP contribution in [0.3, 0.4) is 0 Å². The number of ether oxygens (including phenoxy) is 2. The fourth-order valence-electron chi connectivity index (χ4n) is 5.70. The Labute approximate surface area is 217 Å². The van der Waals surface area contributed by atoms with E-state index in [0.29, 0.717) is 24.8 Å². The molecule has 1 saturated heterocycles. The first kappa shape index (κ1) is 25.6. The molecule has 1 saturated carbocycles. The second kappa shape index (κ2) is 10.8. The second-order valence-electron chi connectivity index (χ2n) is 10.5. The van der Waals surface area contributed by atoms with Crippen LogP contribution in [0.5, 0.6) is 5.75 Å². The van der Waals surface area contributed by atoms with Gasteiger partial charge in [-0.3, -0.25) is 0 Å². The van der Waals surface area contributed by atoms with Crippen molar-refractivity contribution in [2.24, 2.45) is 5.92 Å². The largest absolute Gasteiger partial charge is 0.497 e. The fourth-order valence-corrected chi connectivity index (χ4v) is 5.70. The number of benzene rings is 3. The summed E-state index contributed by atoms with van der Waals surface area (Å²) in [6, 6.07) is 17.5. The molecule has 3 unspecified atom stereocenters. The van der Waals surface area contributed by atoms with E-state index in [0.717, 1.165) is 54.8 Å². The van der Waals surface area contributed by atoms with E-state index >= 15 is 0 Å². The molecular formula is C30H35FN2O4. The summed E-state index contributed by atoms with van der Waals surface area (Å²) >= 11 is 0. The average molecular weight is 507 g/mol. The maximum Gasteiger partial charge on any atom is 0.338 e. The Morgan fingerprint density at radius 3 is 2.46 bits per heavy atom. The lowest BCUT2D eigenvalue weighted by Crippen LogP contribution is -2.52. The Bertz CT molecular complexity index is 1240. The van der Waals surface area contributed by atoms with Crippen molar-refractivity contribution in [2.45, 2.75) is 31.0 Å². The molecule has 6 nitrogen and oxygen atoms in total. The van der Waals surface area contributed by atoms with Gasteiger partial charge < -0.3 is 24.4 Å². The minimum atomic E-state index is -1.03. The fraction of sp³-hybridized carbons (Fsp3) is 0.433. The van der Waals surface area contributed by atoms with Crippen LogP contribution in [0.1, 0.15) is 35.2 Å². The van der Waals surface area contributed by atoms with Gasteiger partial charge in [0.25, 0.3) is 0 Å². The van der Waals surface area contributed by atoms with Crippen LogP contribution in [0.15, 0.2) is 60.7 Å². The predicted molar refractivity (Wildman–Crippen MR) is 141 cm³/mol. The summed E-state index contributed by atoms with van der Waals surface area (Å²) in [5.41, 5.74) is 0.200. The predicted octanol–water partition coefficient (Wildman–Crippen LogP) is 4.45. The van der Waals surface area contributed by atoms with E-state index < -0.39 is 11.6 Å². The van der Waals surface area contributed by atoms with Gasteiger partial charge in [-0.05, 0) is 85.1 Å². The second-order valence-corrected chi connectivity index (χ2v) is 10.5. The molecule has 1 N–H and O–H groups in total. The van der Waals surface area contributed by atoms with Crippen LogP contribution in [0, 0.1) is 11.7 Å². The molecule has 0 aromatic heterocycles. The van der Waals surface area contributed by atoms with E-state index in [1.54, 1.807) is 7.11 Å². The molecule has 0 spiro atoms. The normalized spacial score (nSPS) is 25.2. The Morgan fingerprint density at radius 1 is 1.03 bits per heavy atom. The van der Waals surface area contributed by atoms with Gasteiger partial charge in [-0.25, -0.2) is 9.18 Å². The molecule has 5 rings (SSSR count). The minimum Gasteiger partial charge on any atom is -0.497 e. The van der Waals surface area contributed by atoms with Gasteiger partial charge in [-0.15, -0.1) is 0 Å². The van der Waals surface area contributed by atoms with Gasteiger partial charge >= 0.3 is 5.97 Å². The zero-order valence-electron chi connectivity index (χ0n) is 21.5. The van der Waals surface area contributed by atoms with Crippen LogP contribution >= 0.6 is 0 Å². The van der Waals surface area contributed by atoms with E-state index in [-0.39, 0.29) is 17.8 Å². The lowest BCUT2D eigenvalue weighted by atomic mass is 9.70. The van der Waals surface area contributed by atoms with Gasteiger partial charge in [0.15, 0.2) is 0 Å². The molecule has 7 heteroatoms. The van der Waals surface area contributed by atoms with Gasteiger partial charge in [0, 0.05) is 38.6 Å². The highest BCUT2D eigenvalue weighted by atomic mass is 19.1. The quantitative estimate of drug-likeness (QED) is 0.499. The topological polar surface area (TPSA) is 62.2 Å². The molecule has 1 heterocycles. The van der Waals surface area contributed by atoms with Crippen molar-refractivity contribution in [1.82, 2.24) is 9.80 Å². The minimum absolute atomic E-state index is 0.105. The van der Waals surface area contributed by atoms with Crippen LogP contribution in [-0.2, 0) is 10.3 Å². The van der Waals surface area contributed by atoms with Gasteiger partial charge in [-0.2, -0.15) is 0 Å². The van der Waals surface area contributed by atoms with Crippen LogP contribution in [0.4, 0.5) is 4.39 Å². The number of aliphatic hydroxyl groups is 1. The van der Waals surface area contributed by atoms with Gasteiger partial charge in [0.1, 0.15) is 17.7 Å². The molecule has 1 aliphatic carbocycles. The smallest absolute Gasteiger partial charge is 0.338 e. The first-order chi connectivity index (χ1) is 17.8. The number of hydrogen-bond acceptors (Lipinski definition) is 6. The highest BCUT2D eigenvalue weighted by Crippen LogP contribution is 2.44. The molecule has 37 heavy (non-hydrogen) atoms. The van der Waals surface area contributed by atoms with Crippen LogP contribution in [0.25, 0.3) is 10.8 Å². The zero-order valence-corrected chi connectivity index (χ0v) is 21.5. The van der Waals surface area contributed by atoms with Crippen LogP contribution in [-0.4, -0.2) is 73.9 Å². The third-order valence-corrected chi connectivity index (χ3v) is 8.05. The molecule has 3 aromatic rings. The summed E-state index contributed by atoms with van der Waals surface area (Å²) in [6.07, 6.45) is 1.31. The van der Waals surface area contributed by atoms with Crippen molar-refractivity contribution in [3.8, 4) is 5.75 Å². The number of methoxy groups -OCH3 is 1. The van der Waals surface area contributed by atoms with Crippen LogP contribution < -0.4 is 4.74 Å². The Morgan fingerprint density at radius 2 is 1.73 bits per heavy atom. The summed E-state index contributed by atoms with van der Waals surface area (Å²) < 4.78 is 24.5. The highest BCUT2D eigenvalue weighted by molar-refractivity contribution is 5.89.